The van der Waals surface area contributed by atoms with E-state index in [-0.39, 0.29) is 136 Å². The van der Waals surface area contributed by atoms with Crippen LogP contribution in [0.2, 0.25) is 0 Å². The minimum atomic E-state index is -2.09. The Labute approximate surface area is 177 Å². The molecule has 0 N–H and O–H groups in total. The van der Waals surface area contributed by atoms with Gasteiger partial charge in [0.25, 0.3) is 0 Å². The molecule has 0 spiro atoms. The molecule has 0 aliphatic heterocycles. The normalized spacial score (nSPS) is 6.17. The van der Waals surface area contributed by atoms with Crippen molar-refractivity contribution in [2.45, 2.75) is 0 Å². The molecule has 3 nitrogen and oxygen atoms in total. The van der Waals surface area contributed by atoms with Crippen molar-refractivity contribution in [1.82, 2.24) is 0 Å². The van der Waals surface area contributed by atoms with Crippen molar-refractivity contribution in [3.8, 4) is 0 Å². The summed E-state index contributed by atoms with van der Waals surface area (Å²) in [5.41, 5.74) is 0. The van der Waals surface area contributed by atoms with Gasteiger partial charge in [0.1, 0.15) is 0 Å². The number of hydrogen-bond donors (Lipinski definition) is 0. The summed E-state index contributed by atoms with van der Waals surface area (Å²) in [7, 11) is -2.09. The Kier molecular flexibility index (Phi) is 61.8. The maximum atomic E-state index is 10.2. The van der Waals surface area contributed by atoms with Gasteiger partial charge in [0, 0.05) is 4.57 Å². The summed E-state index contributed by atoms with van der Waals surface area (Å²) in [6, 6.07) is -0.293. The first-order valence-corrected chi connectivity index (χ1v) is 3.82. The Morgan fingerprint density at radius 2 is 1.25 bits per heavy atom. The molecule has 0 unspecified atom stereocenters. The largest absolute Gasteiger partial charge is 1.00 e. The van der Waals surface area contributed by atoms with Gasteiger partial charge in [0.15, 0.2) is 12.1 Å². The van der Waals surface area contributed by atoms with Crippen LogP contribution in [-0.2, 0) is 13.6 Å². The smallest absolute Gasteiger partial charge is 1.00 e. The van der Waals surface area contributed by atoms with Gasteiger partial charge in [0.05, 0.1) is 0 Å². The molecule has 0 aliphatic carbocycles. The van der Waals surface area contributed by atoms with Gasteiger partial charge in [0.2, 0.25) is 0 Å². The number of hydrogen-bond acceptors (Lipinski definition) is 3. The second-order valence-corrected chi connectivity index (χ2v) is 2.10. The van der Waals surface area contributed by atoms with Crippen LogP contribution >= 0.6 is 31.5 Å². The first-order valence-electron chi connectivity index (χ1n) is 1.66. The summed E-state index contributed by atoms with van der Waals surface area (Å²) in [5.74, 6) is 0. The molecule has 56 valence electrons. The van der Waals surface area contributed by atoms with E-state index in [0.29, 0.717) is 0 Å². The quantitative estimate of drug-likeness (QED) is 0.290. The Morgan fingerprint density at radius 1 is 1.00 bits per heavy atom. The van der Waals surface area contributed by atoms with E-state index in [2.05, 4.69) is 9.05 Å². The van der Waals surface area contributed by atoms with Crippen molar-refractivity contribution in [3.63, 3.8) is 0 Å². The maximum absolute atomic E-state index is 10.2. The molecule has 0 saturated carbocycles. The molecular formula is C2H8Cl2Na4O3P+. The summed E-state index contributed by atoms with van der Waals surface area (Å²) in [5, 5.41) is 0. The second kappa shape index (κ2) is 24.7. The van der Waals surface area contributed by atoms with E-state index in [1.54, 1.807) is 0 Å². The van der Waals surface area contributed by atoms with E-state index in [9.17, 15) is 4.57 Å². The Balaban J connectivity index is -0.00000000875. The molecule has 0 atom stereocenters. The second-order valence-electron chi connectivity index (χ2n) is 0.700. The topological polar surface area (TPSA) is 35.5 Å². The minimum absolute atomic E-state index is 0. The maximum Gasteiger partial charge on any atom is 1.00 e. The fourth-order valence-corrected chi connectivity index (χ4v) is 0.829. The van der Waals surface area contributed by atoms with E-state index >= 15 is 0 Å². The van der Waals surface area contributed by atoms with Gasteiger partial charge in [-0.3, -0.25) is 0 Å². The standard InChI is InChI=1S/C2H4Cl2O3P.4Na.4H/c3-1-6-8(5)7-2-4;;;;;;;;/h1-2H2;;;;;;;;/q5*+1;4*-1. The fourth-order valence-electron chi connectivity index (χ4n) is 0.117. The van der Waals surface area contributed by atoms with Crippen molar-refractivity contribution >= 4 is 31.5 Å². The third-order valence-electron chi connectivity index (χ3n) is 0.308. The van der Waals surface area contributed by atoms with Gasteiger partial charge >= 0.3 is 126 Å². The Morgan fingerprint density at radius 3 is 1.42 bits per heavy atom. The van der Waals surface area contributed by atoms with Crippen molar-refractivity contribution in [2.24, 2.45) is 0 Å². The summed E-state index contributed by atoms with van der Waals surface area (Å²) in [4.78, 5) is 0. The van der Waals surface area contributed by atoms with Gasteiger partial charge < -0.3 is 5.71 Å². The zero-order valence-electron chi connectivity index (χ0n) is 11.8. The van der Waals surface area contributed by atoms with Crippen molar-refractivity contribution in [2.75, 3.05) is 12.1 Å². The third kappa shape index (κ3) is 24.0. The van der Waals surface area contributed by atoms with Crippen LogP contribution in [0.5, 0.6) is 0 Å². The fraction of sp³-hybridized carbons (Fsp3) is 1.00. The average molecular weight is 274 g/mol. The van der Waals surface area contributed by atoms with Gasteiger partial charge in [-0.25, -0.2) is 0 Å². The van der Waals surface area contributed by atoms with Crippen molar-refractivity contribution < 1.29 is 138 Å². The molecular weight excluding hydrogens is 266 g/mol. The summed E-state index contributed by atoms with van der Waals surface area (Å²) in [6.07, 6.45) is 0. The first-order chi connectivity index (χ1) is 3.81. The molecule has 0 amide bonds. The van der Waals surface area contributed by atoms with E-state index in [1.165, 1.54) is 0 Å². The molecule has 0 bridgehead atoms. The summed E-state index contributed by atoms with van der Waals surface area (Å²) in [6.45, 7) is 0. The first kappa shape index (κ1) is 30.0. The average Bonchev–Trinajstić information content (AvgIpc) is 1.68. The molecule has 12 heavy (non-hydrogen) atoms. The monoisotopic (exact) mass is 273 g/mol. The summed E-state index contributed by atoms with van der Waals surface area (Å²) >= 11 is 10.0. The molecule has 0 aliphatic rings. The van der Waals surface area contributed by atoms with Gasteiger partial charge in [-0.2, -0.15) is 0 Å². The molecule has 0 saturated heterocycles. The van der Waals surface area contributed by atoms with E-state index in [0.717, 1.165) is 0 Å². The van der Waals surface area contributed by atoms with Crippen LogP contribution in [-0.4, -0.2) is 12.1 Å². The van der Waals surface area contributed by atoms with Crippen LogP contribution in [0.4, 0.5) is 0 Å². The van der Waals surface area contributed by atoms with Crippen molar-refractivity contribution in [3.05, 3.63) is 0 Å². The van der Waals surface area contributed by atoms with Crippen LogP contribution < -0.4 is 118 Å². The van der Waals surface area contributed by atoms with Crippen LogP contribution in [0.25, 0.3) is 0 Å². The zero-order valence-corrected chi connectivity index (χ0v) is 18.2. The molecule has 0 fully saturated rings. The number of halogens is 2. The molecule has 0 radical (unpaired) electrons. The van der Waals surface area contributed by atoms with Crippen molar-refractivity contribution in [1.29, 1.82) is 0 Å². The molecule has 10 heteroatoms. The predicted octanol–water partition coefficient (Wildman–Crippen LogP) is -9.46. The minimum Gasteiger partial charge on any atom is -1.00 e. The van der Waals surface area contributed by atoms with E-state index < -0.39 is 8.25 Å². The molecule has 0 aromatic carbocycles. The van der Waals surface area contributed by atoms with Crippen LogP contribution in [0, 0.1) is 0 Å². The molecule has 0 rings (SSSR count). The Hall–Kier alpha value is 4.60. The predicted molar refractivity (Wildman–Crippen MR) is 35.7 cm³/mol. The Bertz CT molecular complexity index is 93.7. The number of rotatable bonds is 4. The zero-order chi connectivity index (χ0) is 6.41. The number of alkyl halides is 2. The van der Waals surface area contributed by atoms with E-state index in [1.807, 2.05) is 0 Å². The van der Waals surface area contributed by atoms with Gasteiger partial charge in [-0.15, -0.1) is 9.05 Å². The molecule has 0 heterocycles. The SMILES string of the molecule is O=[P+](OCCl)OCCl.[H-].[H-].[H-].[H-].[Na+].[Na+].[Na+].[Na+]. The summed E-state index contributed by atoms with van der Waals surface area (Å²) < 4.78 is 18.7. The van der Waals surface area contributed by atoms with Crippen LogP contribution in [0.1, 0.15) is 5.71 Å². The third-order valence-corrected chi connectivity index (χ3v) is 1.51. The molecule has 0 aromatic heterocycles. The van der Waals surface area contributed by atoms with E-state index in [4.69, 9.17) is 23.2 Å². The van der Waals surface area contributed by atoms with Gasteiger partial charge in [-0.1, -0.05) is 23.2 Å². The van der Waals surface area contributed by atoms with Gasteiger partial charge in [-0.05, 0) is 0 Å². The van der Waals surface area contributed by atoms with Crippen LogP contribution in [0.15, 0.2) is 0 Å². The van der Waals surface area contributed by atoms with Crippen LogP contribution in [0.3, 0.4) is 0 Å². The molecule has 0 aromatic rings.